The molecule has 0 spiro atoms. The minimum absolute atomic E-state index is 0.0673. The fraction of sp³-hybridized carbons (Fsp3) is 0.250. The van der Waals surface area contributed by atoms with Gasteiger partial charge >= 0.3 is 0 Å². The largest absolute Gasteiger partial charge is 0.467 e. The van der Waals surface area contributed by atoms with Crippen LogP contribution in [0.3, 0.4) is 0 Å². The lowest BCUT2D eigenvalue weighted by Crippen LogP contribution is -2.34. The van der Waals surface area contributed by atoms with Gasteiger partial charge < -0.3 is 9.32 Å². The van der Waals surface area contributed by atoms with E-state index in [9.17, 15) is 4.79 Å². The Kier molecular flexibility index (Phi) is 5.49. The van der Waals surface area contributed by atoms with Crippen LogP contribution in [-0.4, -0.2) is 10.8 Å². The molecule has 0 bridgehead atoms. The molecule has 2 heterocycles. The Labute approximate surface area is 146 Å². The highest BCUT2D eigenvalue weighted by Gasteiger charge is 2.22. The van der Waals surface area contributed by atoms with Crippen LogP contribution in [0.25, 0.3) is 0 Å². The maximum atomic E-state index is 13.0. The Balaban J connectivity index is 1.71. The molecule has 0 radical (unpaired) electrons. The van der Waals surface area contributed by atoms with Crippen molar-refractivity contribution in [2.24, 2.45) is 5.92 Å². The van der Waals surface area contributed by atoms with E-state index in [4.69, 9.17) is 4.42 Å². The Morgan fingerprint density at radius 2 is 1.92 bits per heavy atom. The number of hydrogen-bond acceptors (Lipinski definition) is 3. The Bertz CT molecular complexity index is 699. The van der Waals surface area contributed by atoms with Gasteiger partial charge in [-0.3, -0.25) is 4.79 Å². The molecule has 3 aromatic rings. The van der Waals surface area contributed by atoms with Crippen molar-refractivity contribution in [1.82, 2.24) is 4.90 Å². The Morgan fingerprint density at radius 1 is 1.08 bits per heavy atom. The Hall–Kier alpha value is -2.33. The quantitative estimate of drug-likeness (QED) is 0.622. The smallest absolute Gasteiger partial charge is 0.226 e. The number of carbonyl (C=O) groups excluding carboxylic acids is 1. The fourth-order valence-corrected chi connectivity index (χ4v) is 3.48. The van der Waals surface area contributed by atoms with Gasteiger partial charge in [0.2, 0.25) is 5.91 Å². The van der Waals surface area contributed by atoms with E-state index in [0.717, 1.165) is 12.2 Å². The highest BCUT2D eigenvalue weighted by atomic mass is 32.1. The van der Waals surface area contributed by atoms with E-state index in [1.807, 2.05) is 53.6 Å². The van der Waals surface area contributed by atoms with Crippen LogP contribution in [0.1, 0.15) is 23.1 Å². The summed E-state index contributed by atoms with van der Waals surface area (Å²) in [6, 6.07) is 18.0. The summed E-state index contributed by atoms with van der Waals surface area (Å²) < 4.78 is 5.44. The summed E-state index contributed by atoms with van der Waals surface area (Å²) in [6.07, 6.45) is 2.40. The molecule has 0 unspecified atom stereocenters. The molecule has 0 fully saturated rings. The molecule has 3 nitrogen and oxygen atoms in total. The maximum Gasteiger partial charge on any atom is 0.226 e. The SMILES string of the molecule is C[C@H](Cc1ccccc1)C(=O)N(Cc1ccco1)Cc1cccs1. The zero-order chi connectivity index (χ0) is 16.8. The van der Waals surface area contributed by atoms with Gasteiger partial charge in [0, 0.05) is 10.8 Å². The molecule has 2 aromatic heterocycles. The normalized spacial score (nSPS) is 12.0. The molecular weight excluding hydrogens is 318 g/mol. The molecule has 4 heteroatoms. The summed E-state index contributed by atoms with van der Waals surface area (Å²) in [7, 11) is 0. The van der Waals surface area contributed by atoms with E-state index in [0.29, 0.717) is 13.1 Å². The summed E-state index contributed by atoms with van der Waals surface area (Å²) in [5.74, 6) is 0.901. The van der Waals surface area contributed by atoms with Crippen molar-refractivity contribution in [1.29, 1.82) is 0 Å². The third-order valence-corrected chi connectivity index (χ3v) is 4.83. The van der Waals surface area contributed by atoms with Crippen molar-refractivity contribution in [2.75, 3.05) is 0 Å². The second kappa shape index (κ2) is 7.97. The summed E-state index contributed by atoms with van der Waals surface area (Å²) in [5, 5.41) is 2.04. The van der Waals surface area contributed by atoms with Crippen LogP contribution in [0.5, 0.6) is 0 Å². The van der Waals surface area contributed by atoms with Crippen molar-refractivity contribution in [3.8, 4) is 0 Å². The Morgan fingerprint density at radius 3 is 2.58 bits per heavy atom. The summed E-state index contributed by atoms with van der Waals surface area (Å²) >= 11 is 1.67. The van der Waals surface area contributed by atoms with E-state index in [1.54, 1.807) is 17.6 Å². The van der Waals surface area contributed by atoms with Crippen LogP contribution in [0.15, 0.2) is 70.7 Å². The molecule has 0 saturated heterocycles. The lowest BCUT2D eigenvalue weighted by atomic mass is 9.99. The van der Waals surface area contributed by atoms with Gasteiger partial charge in [-0.05, 0) is 35.6 Å². The highest BCUT2D eigenvalue weighted by molar-refractivity contribution is 7.09. The van der Waals surface area contributed by atoms with Crippen molar-refractivity contribution in [3.63, 3.8) is 0 Å². The number of furan rings is 1. The number of rotatable bonds is 7. The van der Waals surface area contributed by atoms with E-state index in [-0.39, 0.29) is 11.8 Å². The minimum Gasteiger partial charge on any atom is -0.467 e. The van der Waals surface area contributed by atoms with E-state index >= 15 is 0 Å². The van der Waals surface area contributed by atoms with Crippen LogP contribution in [0.2, 0.25) is 0 Å². The van der Waals surface area contributed by atoms with Gasteiger partial charge in [0.05, 0.1) is 19.4 Å². The number of hydrogen-bond donors (Lipinski definition) is 0. The molecule has 0 aliphatic heterocycles. The molecule has 1 atom stereocenters. The van der Waals surface area contributed by atoms with Crippen LogP contribution in [0.4, 0.5) is 0 Å². The summed E-state index contributed by atoms with van der Waals surface area (Å²) in [6.45, 7) is 3.12. The first-order valence-electron chi connectivity index (χ1n) is 8.10. The van der Waals surface area contributed by atoms with Gasteiger partial charge in [0.25, 0.3) is 0 Å². The third kappa shape index (κ3) is 4.36. The van der Waals surface area contributed by atoms with Crippen LogP contribution in [-0.2, 0) is 24.3 Å². The number of benzene rings is 1. The van der Waals surface area contributed by atoms with Gasteiger partial charge in [-0.15, -0.1) is 11.3 Å². The minimum atomic E-state index is -0.0673. The molecule has 1 amide bonds. The van der Waals surface area contributed by atoms with Crippen molar-refractivity contribution in [2.45, 2.75) is 26.4 Å². The lowest BCUT2D eigenvalue weighted by Gasteiger charge is -2.24. The third-order valence-electron chi connectivity index (χ3n) is 3.97. The van der Waals surface area contributed by atoms with Gasteiger partial charge in [0.15, 0.2) is 0 Å². The standard InChI is InChI=1S/C20H21NO2S/c1-16(13-17-7-3-2-4-8-17)20(22)21(14-18-9-5-11-23-18)15-19-10-6-12-24-19/h2-12,16H,13-15H2,1H3/t16-/m1/s1. The zero-order valence-corrected chi connectivity index (χ0v) is 14.5. The molecule has 1 aromatic carbocycles. The molecule has 0 N–H and O–H groups in total. The second-order valence-electron chi connectivity index (χ2n) is 5.94. The average molecular weight is 339 g/mol. The summed E-state index contributed by atoms with van der Waals surface area (Å²) in [4.78, 5) is 16.1. The van der Waals surface area contributed by atoms with Crippen molar-refractivity contribution < 1.29 is 9.21 Å². The lowest BCUT2D eigenvalue weighted by molar-refractivity contribution is -0.136. The maximum absolute atomic E-state index is 13.0. The van der Waals surface area contributed by atoms with Crippen LogP contribution in [0, 0.1) is 5.92 Å². The molecule has 0 saturated carbocycles. The number of thiophene rings is 1. The fourth-order valence-electron chi connectivity index (χ4n) is 2.76. The van der Waals surface area contributed by atoms with Crippen molar-refractivity contribution in [3.05, 3.63) is 82.4 Å². The first-order chi connectivity index (χ1) is 11.7. The van der Waals surface area contributed by atoms with Gasteiger partial charge in [-0.25, -0.2) is 0 Å². The number of carbonyl (C=O) groups is 1. The second-order valence-corrected chi connectivity index (χ2v) is 6.98. The number of nitrogens with zero attached hydrogens (tertiary/aromatic N) is 1. The number of amides is 1. The zero-order valence-electron chi connectivity index (χ0n) is 13.7. The molecular formula is C20H21NO2S. The van der Waals surface area contributed by atoms with E-state index in [1.165, 1.54) is 10.4 Å². The topological polar surface area (TPSA) is 33.5 Å². The average Bonchev–Trinajstić information content (AvgIpc) is 3.28. The highest BCUT2D eigenvalue weighted by Crippen LogP contribution is 2.19. The predicted molar refractivity (Wildman–Crippen MR) is 96.6 cm³/mol. The molecule has 0 aliphatic carbocycles. The molecule has 24 heavy (non-hydrogen) atoms. The molecule has 0 aliphatic rings. The van der Waals surface area contributed by atoms with Gasteiger partial charge in [-0.2, -0.15) is 0 Å². The predicted octanol–water partition coefficient (Wildman–Crippen LogP) is 4.75. The summed E-state index contributed by atoms with van der Waals surface area (Å²) in [5.41, 5.74) is 1.19. The monoisotopic (exact) mass is 339 g/mol. The van der Waals surface area contributed by atoms with Crippen LogP contribution < -0.4 is 0 Å². The van der Waals surface area contributed by atoms with Gasteiger partial charge in [-0.1, -0.05) is 43.3 Å². The van der Waals surface area contributed by atoms with E-state index in [2.05, 4.69) is 18.2 Å². The first-order valence-corrected chi connectivity index (χ1v) is 8.98. The molecule has 124 valence electrons. The first kappa shape index (κ1) is 16.5. The van der Waals surface area contributed by atoms with E-state index < -0.39 is 0 Å². The van der Waals surface area contributed by atoms with Gasteiger partial charge in [0.1, 0.15) is 5.76 Å². The van der Waals surface area contributed by atoms with Crippen LogP contribution >= 0.6 is 11.3 Å². The molecule has 3 rings (SSSR count). The van der Waals surface area contributed by atoms with Crippen molar-refractivity contribution >= 4 is 17.2 Å².